The lowest BCUT2D eigenvalue weighted by molar-refractivity contribution is -0.132. The molecule has 0 saturated carbocycles. The molecule has 1 fully saturated rings. The molecular weight excluding hydrogens is 208 g/mol. The molecule has 15 heavy (non-hydrogen) atoms. The predicted octanol–water partition coefficient (Wildman–Crippen LogP) is 1.56. The van der Waals surface area contributed by atoms with Gasteiger partial charge in [0.2, 0.25) is 5.91 Å². The summed E-state index contributed by atoms with van der Waals surface area (Å²) in [6, 6.07) is 0. The van der Waals surface area contributed by atoms with Gasteiger partial charge in [-0.1, -0.05) is 32.5 Å². The molecule has 0 radical (unpaired) electrons. The summed E-state index contributed by atoms with van der Waals surface area (Å²) < 4.78 is 0. The monoisotopic (exact) mass is 228 g/mol. The Morgan fingerprint density at radius 3 is 2.73 bits per heavy atom. The fraction of sp³-hybridized carbons (Fsp3) is 0.818. The van der Waals surface area contributed by atoms with E-state index in [9.17, 15) is 4.79 Å². The Hall–Kier alpha value is -0.640. The van der Waals surface area contributed by atoms with Crippen LogP contribution < -0.4 is 5.73 Å². The summed E-state index contributed by atoms with van der Waals surface area (Å²) in [6.45, 7) is 5.94. The number of carbonyl (C=O) groups is 1. The van der Waals surface area contributed by atoms with Gasteiger partial charge in [-0.3, -0.25) is 4.79 Å². The van der Waals surface area contributed by atoms with Gasteiger partial charge in [-0.15, -0.1) is 0 Å². The van der Waals surface area contributed by atoms with Gasteiger partial charge in [0, 0.05) is 13.1 Å². The minimum atomic E-state index is -0.240. The summed E-state index contributed by atoms with van der Waals surface area (Å²) in [7, 11) is 0. The first-order valence-corrected chi connectivity index (χ1v) is 6.05. The third-order valence-electron chi connectivity index (χ3n) is 2.95. The van der Waals surface area contributed by atoms with Gasteiger partial charge in [0.1, 0.15) is 0 Å². The van der Waals surface area contributed by atoms with Gasteiger partial charge >= 0.3 is 0 Å². The molecule has 1 aliphatic rings. The number of carbonyl (C=O) groups excluding carboxylic acids is 1. The maximum absolute atomic E-state index is 12.1. The van der Waals surface area contributed by atoms with Gasteiger partial charge in [0.15, 0.2) is 0 Å². The Labute approximate surface area is 97.0 Å². The van der Waals surface area contributed by atoms with E-state index < -0.39 is 0 Å². The fourth-order valence-electron chi connectivity index (χ4n) is 2.03. The van der Waals surface area contributed by atoms with E-state index >= 15 is 0 Å². The molecular formula is C11H20N2OS. The van der Waals surface area contributed by atoms with Crippen molar-refractivity contribution in [3.05, 3.63) is 0 Å². The SMILES string of the molecule is CCCC(C(=O)N1CCC(C)C1)C(N)=S. The van der Waals surface area contributed by atoms with E-state index in [4.69, 9.17) is 18.0 Å². The lowest BCUT2D eigenvalue weighted by Crippen LogP contribution is -2.40. The summed E-state index contributed by atoms with van der Waals surface area (Å²) in [6.07, 6.45) is 2.82. The largest absolute Gasteiger partial charge is 0.393 e. The minimum absolute atomic E-state index is 0.133. The third kappa shape index (κ3) is 3.16. The van der Waals surface area contributed by atoms with E-state index in [1.165, 1.54) is 0 Å². The first-order valence-electron chi connectivity index (χ1n) is 5.64. The highest BCUT2D eigenvalue weighted by molar-refractivity contribution is 7.80. The van der Waals surface area contributed by atoms with Crippen LogP contribution in [0.3, 0.4) is 0 Å². The van der Waals surface area contributed by atoms with Crippen molar-refractivity contribution in [3.63, 3.8) is 0 Å². The maximum Gasteiger partial charge on any atom is 0.232 e. The zero-order valence-electron chi connectivity index (χ0n) is 9.53. The second-order valence-corrected chi connectivity index (χ2v) is 4.89. The number of likely N-dealkylation sites (tertiary alicyclic amines) is 1. The first kappa shape index (κ1) is 12.4. The quantitative estimate of drug-likeness (QED) is 0.743. The van der Waals surface area contributed by atoms with Crippen LogP contribution in [0.5, 0.6) is 0 Å². The van der Waals surface area contributed by atoms with E-state index in [0.717, 1.165) is 32.4 Å². The highest BCUT2D eigenvalue weighted by atomic mass is 32.1. The molecule has 0 aromatic carbocycles. The van der Waals surface area contributed by atoms with E-state index in [2.05, 4.69) is 6.92 Å². The van der Waals surface area contributed by atoms with Gasteiger partial charge in [-0.05, 0) is 18.8 Å². The van der Waals surface area contributed by atoms with Crippen LogP contribution in [0.1, 0.15) is 33.1 Å². The van der Waals surface area contributed by atoms with Crippen LogP contribution >= 0.6 is 12.2 Å². The Balaban J connectivity index is 2.59. The Kier molecular flexibility index (Phi) is 4.51. The lowest BCUT2D eigenvalue weighted by atomic mass is 10.0. The number of amides is 1. The van der Waals surface area contributed by atoms with Crippen molar-refractivity contribution in [2.75, 3.05) is 13.1 Å². The first-order chi connectivity index (χ1) is 7.06. The molecule has 86 valence electrons. The molecule has 0 spiro atoms. The van der Waals surface area contributed by atoms with Crippen LogP contribution in [0.15, 0.2) is 0 Å². The van der Waals surface area contributed by atoms with Gasteiger partial charge in [-0.25, -0.2) is 0 Å². The van der Waals surface area contributed by atoms with E-state index in [1.54, 1.807) is 0 Å². The number of nitrogens with two attached hydrogens (primary N) is 1. The smallest absolute Gasteiger partial charge is 0.232 e. The Morgan fingerprint density at radius 2 is 2.33 bits per heavy atom. The van der Waals surface area contributed by atoms with Crippen molar-refractivity contribution in [1.29, 1.82) is 0 Å². The third-order valence-corrected chi connectivity index (χ3v) is 3.24. The summed E-state index contributed by atoms with van der Waals surface area (Å²) >= 11 is 4.95. The average molecular weight is 228 g/mol. The van der Waals surface area contributed by atoms with Crippen LogP contribution in [-0.2, 0) is 4.79 Å². The molecule has 0 aromatic heterocycles. The summed E-state index contributed by atoms with van der Waals surface area (Å²) in [5, 5.41) is 0. The summed E-state index contributed by atoms with van der Waals surface area (Å²) in [5.41, 5.74) is 5.61. The van der Waals surface area contributed by atoms with Crippen molar-refractivity contribution >= 4 is 23.1 Å². The average Bonchev–Trinajstić information content (AvgIpc) is 2.59. The number of hydrogen-bond donors (Lipinski definition) is 1. The van der Waals surface area contributed by atoms with E-state index in [1.807, 2.05) is 11.8 Å². The molecule has 0 aliphatic carbocycles. The van der Waals surface area contributed by atoms with Crippen LogP contribution in [0.4, 0.5) is 0 Å². The predicted molar refractivity (Wildman–Crippen MR) is 65.5 cm³/mol. The number of nitrogens with zero attached hydrogens (tertiary/aromatic N) is 1. The van der Waals surface area contributed by atoms with Gasteiger partial charge < -0.3 is 10.6 Å². The molecule has 3 nitrogen and oxygen atoms in total. The van der Waals surface area contributed by atoms with Gasteiger partial charge in [0.05, 0.1) is 10.9 Å². The summed E-state index contributed by atoms with van der Waals surface area (Å²) in [5.74, 6) is 0.506. The van der Waals surface area contributed by atoms with Crippen molar-refractivity contribution in [1.82, 2.24) is 4.90 Å². The second-order valence-electron chi connectivity index (χ2n) is 4.42. The van der Waals surface area contributed by atoms with Crippen LogP contribution in [-0.4, -0.2) is 28.9 Å². The molecule has 2 unspecified atom stereocenters. The number of hydrogen-bond acceptors (Lipinski definition) is 2. The van der Waals surface area contributed by atoms with Gasteiger partial charge in [-0.2, -0.15) is 0 Å². The normalized spacial score (nSPS) is 22.8. The zero-order chi connectivity index (χ0) is 11.4. The molecule has 4 heteroatoms. The Bertz CT molecular complexity index is 255. The molecule has 1 saturated heterocycles. The molecule has 0 aromatic rings. The van der Waals surface area contributed by atoms with Crippen molar-refractivity contribution in [3.8, 4) is 0 Å². The maximum atomic E-state index is 12.1. The molecule has 2 N–H and O–H groups in total. The Morgan fingerprint density at radius 1 is 1.67 bits per heavy atom. The molecule has 2 atom stereocenters. The van der Waals surface area contributed by atoms with Crippen LogP contribution in [0.25, 0.3) is 0 Å². The molecule has 0 bridgehead atoms. The van der Waals surface area contributed by atoms with Crippen molar-refractivity contribution in [2.45, 2.75) is 33.1 Å². The standard InChI is InChI=1S/C11H20N2OS/c1-3-4-9(10(12)15)11(14)13-6-5-8(2)7-13/h8-9H,3-7H2,1-2H3,(H2,12,15). The van der Waals surface area contributed by atoms with Crippen LogP contribution in [0.2, 0.25) is 0 Å². The number of thiocarbonyl (C=S) groups is 1. The zero-order valence-corrected chi connectivity index (χ0v) is 10.3. The van der Waals surface area contributed by atoms with Crippen LogP contribution in [0, 0.1) is 11.8 Å². The topological polar surface area (TPSA) is 46.3 Å². The highest BCUT2D eigenvalue weighted by Gasteiger charge is 2.29. The molecule has 1 heterocycles. The molecule has 1 amide bonds. The minimum Gasteiger partial charge on any atom is -0.393 e. The lowest BCUT2D eigenvalue weighted by Gasteiger charge is -2.22. The van der Waals surface area contributed by atoms with Crippen molar-refractivity contribution < 1.29 is 4.79 Å². The van der Waals surface area contributed by atoms with E-state index in [0.29, 0.717) is 10.9 Å². The summed E-state index contributed by atoms with van der Waals surface area (Å²) in [4.78, 5) is 14.3. The highest BCUT2D eigenvalue weighted by Crippen LogP contribution is 2.19. The molecule has 1 aliphatic heterocycles. The molecule has 1 rings (SSSR count). The van der Waals surface area contributed by atoms with Crippen molar-refractivity contribution in [2.24, 2.45) is 17.6 Å². The fourth-order valence-corrected chi connectivity index (χ4v) is 2.25. The number of rotatable bonds is 4. The second kappa shape index (κ2) is 5.45. The van der Waals surface area contributed by atoms with Gasteiger partial charge in [0.25, 0.3) is 0 Å². The van der Waals surface area contributed by atoms with E-state index in [-0.39, 0.29) is 11.8 Å².